The first-order chi connectivity index (χ1) is 19.8. The van der Waals surface area contributed by atoms with E-state index in [1.54, 1.807) is 24.3 Å². The van der Waals surface area contributed by atoms with Gasteiger partial charge in [0.25, 0.3) is 0 Å². The molecule has 1 aliphatic heterocycles. The van der Waals surface area contributed by atoms with E-state index in [0.29, 0.717) is 46.2 Å². The summed E-state index contributed by atoms with van der Waals surface area (Å²) in [5, 5.41) is 27.0. The number of carbonyl (C=O) groups is 3. The number of benzene rings is 2. The van der Waals surface area contributed by atoms with E-state index in [4.69, 9.17) is 23.2 Å². The van der Waals surface area contributed by atoms with Gasteiger partial charge in [0.1, 0.15) is 23.0 Å². The zero-order valence-corrected chi connectivity index (χ0v) is 22.7. The molecule has 2 amide bonds. The van der Waals surface area contributed by atoms with Gasteiger partial charge < -0.3 is 20.7 Å². The second-order valence-corrected chi connectivity index (χ2v) is 9.81. The number of imidazole rings is 1. The lowest BCUT2D eigenvalue weighted by atomic mass is 10.1. The van der Waals surface area contributed by atoms with Gasteiger partial charge in [0.15, 0.2) is 0 Å². The number of nitrogens with one attached hydrogen (secondary N) is 3. The average molecular weight is 593 g/mol. The predicted octanol–water partition coefficient (Wildman–Crippen LogP) is 4.61. The zero-order valence-electron chi connectivity index (χ0n) is 21.2. The van der Waals surface area contributed by atoms with Crippen molar-refractivity contribution in [2.24, 2.45) is 0 Å². The van der Waals surface area contributed by atoms with Gasteiger partial charge in [0, 0.05) is 28.6 Å². The maximum Gasteiger partial charge on any atom is 0.335 e. The number of carboxylic acids is 1. The first-order valence-electron chi connectivity index (χ1n) is 12.4. The Bertz CT molecular complexity index is 1680. The smallest absolute Gasteiger partial charge is 0.335 e. The highest BCUT2D eigenvalue weighted by molar-refractivity contribution is 6.32. The number of nitrogens with zero attached hydrogens (tertiary/aromatic N) is 5. The Morgan fingerprint density at radius 2 is 2.00 bits per heavy atom. The molecule has 4 N–H and O–H groups in total. The number of aromatic amines is 1. The number of carbonyl (C=O) groups excluding carboxylic acids is 2. The van der Waals surface area contributed by atoms with Gasteiger partial charge in [-0.05, 0) is 65.7 Å². The van der Waals surface area contributed by atoms with Gasteiger partial charge in [0.05, 0.1) is 23.0 Å². The lowest BCUT2D eigenvalue weighted by molar-refractivity contribution is -0.117. The molecule has 1 atom stereocenters. The summed E-state index contributed by atoms with van der Waals surface area (Å²) in [5.41, 5.74) is 2.18. The fourth-order valence-corrected chi connectivity index (χ4v) is 4.66. The van der Waals surface area contributed by atoms with Crippen LogP contribution in [0.2, 0.25) is 10.2 Å². The van der Waals surface area contributed by atoms with E-state index in [1.807, 2.05) is 12.2 Å². The molecule has 208 valence electrons. The van der Waals surface area contributed by atoms with Crippen molar-refractivity contribution in [3.8, 4) is 16.9 Å². The highest BCUT2D eigenvalue weighted by Gasteiger charge is 2.23. The van der Waals surface area contributed by atoms with E-state index >= 15 is 0 Å². The van der Waals surface area contributed by atoms with Crippen LogP contribution in [0.4, 0.5) is 5.69 Å². The third-order valence-electron chi connectivity index (χ3n) is 6.20. The number of halogens is 2. The molecule has 0 fully saturated rings. The van der Waals surface area contributed by atoms with Crippen molar-refractivity contribution in [2.75, 3.05) is 5.32 Å². The number of aromatic carboxylic acids is 1. The number of hydrogen-bond acceptors (Lipinski definition) is 7. The molecule has 4 aromatic rings. The minimum absolute atomic E-state index is 0.00153. The molecular weight excluding hydrogens is 571 g/mol. The van der Waals surface area contributed by atoms with Crippen LogP contribution in [0.15, 0.2) is 61.0 Å². The molecule has 2 bridgehead atoms. The second-order valence-electron chi connectivity index (χ2n) is 9.00. The molecule has 0 unspecified atom stereocenters. The Labute approximate surface area is 243 Å². The highest BCUT2D eigenvalue weighted by Crippen LogP contribution is 2.35. The standard InChI is InChI=1S/C27H22Cl2N8O4/c28-17-8-10-21(37-14-30-35-36-37)15(12-17)7-11-23(39)32-20-4-2-1-3-5-22(38)31-19-9-6-16(27(40)41)13-18(19)24-25(29)34-26(20)33-24/h1-2,6-14,20H,3-5H2,(H,31,38)(H,32,39)(H,33,34)(H,40,41)/b2-1?,11-7+/t20-/m0/s1. The number of carboxylic acid groups (broad SMARTS) is 1. The number of amides is 2. The minimum atomic E-state index is -1.14. The Morgan fingerprint density at radius 3 is 2.78 bits per heavy atom. The Hall–Kier alpha value is -4.81. The number of allylic oxidation sites excluding steroid dienone is 1. The summed E-state index contributed by atoms with van der Waals surface area (Å²) in [4.78, 5) is 44.8. The van der Waals surface area contributed by atoms with Crippen molar-refractivity contribution < 1.29 is 19.5 Å². The molecule has 2 aromatic carbocycles. The van der Waals surface area contributed by atoms with Gasteiger partial charge in [-0.25, -0.2) is 9.78 Å². The summed E-state index contributed by atoms with van der Waals surface area (Å²) in [7, 11) is 0. The zero-order chi connectivity index (χ0) is 28.9. The minimum Gasteiger partial charge on any atom is -0.478 e. The molecule has 12 nitrogen and oxygen atoms in total. The van der Waals surface area contributed by atoms with Gasteiger partial charge in [0.2, 0.25) is 11.8 Å². The van der Waals surface area contributed by atoms with E-state index in [2.05, 4.69) is 36.1 Å². The molecule has 0 radical (unpaired) electrons. The van der Waals surface area contributed by atoms with Crippen molar-refractivity contribution in [1.82, 2.24) is 35.5 Å². The number of H-pyrrole nitrogens is 1. The van der Waals surface area contributed by atoms with Crippen LogP contribution >= 0.6 is 23.2 Å². The number of rotatable bonds is 5. The molecule has 0 saturated heterocycles. The van der Waals surface area contributed by atoms with E-state index in [-0.39, 0.29) is 28.7 Å². The largest absolute Gasteiger partial charge is 0.478 e. The van der Waals surface area contributed by atoms with Crippen LogP contribution in [0.5, 0.6) is 0 Å². The number of tetrazole rings is 1. The average Bonchev–Trinajstić information content (AvgIpc) is 3.61. The van der Waals surface area contributed by atoms with Crippen molar-refractivity contribution in [3.63, 3.8) is 0 Å². The maximum atomic E-state index is 13.1. The topological polar surface area (TPSA) is 168 Å². The molecule has 0 saturated carbocycles. The lowest BCUT2D eigenvalue weighted by Crippen LogP contribution is -2.27. The van der Waals surface area contributed by atoms with Crippen LogP contribution in [0.25, 0.3) is 23.0 Å². The molecular formula is C27H22Cl2N8O4. The van der Waals surface area contributed by atoms with Gasteiger partial charge in [-0.15, -0.1) is 5.10 Å². The van der Waals surface area contributed by atoms with E-state index in [9.17, 15) is 19.5 Å². The van der Waals surface area contributed by atoms with Crippen LogP contribution in [0, 0.1) is 0 Å². The van der Waals surface area contributed by atoms with Crippen LogP contribution in [-0.4, -0.2) is 53.1 Å². The molecule has 0 aliphatic carbocycles. The summed E-state index contributed by atoms with van der Waals surface area (Å²) in [6.45, 7) is 0. The summed E-state index contributed by atoms with van der Waals surface area (Å²) < 4.78 is 1.45. The quantitative estimate of drug-likeness (QED) is 0.192. The molecule has 1 aliphatic rings. The van der Waals surface area contributed by atoms with E-state index in [1.165, 1.54) is 35.3 Å². The monoisotopic (exact) mass is 592 g/mol. The summed E-state index contributed by atoms with van der Waals surface area (Å²) >= 11 is 12.7. The lowest BCUT2D eigenvalue weighted by Gasteiger charge is -2.14. The fourth-order valence-electron chi connectivity index (χ4n) is 4.24. The molecule has 0 spiro atoms. The van der Waals surface area contributed by atoms with Crippen LogP contribution in [0.3, 0.4) is 0 Å². The second kappa shape index (κ2) is 12.1. The number of fused-ring (bicyclic) bond motifs is 4. The van der Waals surface area contributed by atoms with Gasteiger partial charge in [-0.1, -0.05) is 35.4 Å². The van der Waals surface area contributed by atoms with Crippen molar-refractivity contribution in [3.05, 3.63) is 88.1 Å². The maximum absolute atomic E-state index is 13.1. The normalized spacial score (nSPS) is 15.4. The van der Waals surface area contributed by atoms with Crippen molar-refractivity contribution in [2.45, 2.75) is 25.3 Å². The Morgan fingerprint density at radius 1 is 1.15 bits per heavy atom. The molecule has 14 heteroatoms. The summed E-state index contributed by atoms with van der Waals surface area (Å²) in [5.74, 6) is -1.46. The van der Waals surface area contributed by atoms with Crippen molar-refractivity contribution in [1.29, 1.82) is 0 Å². The first kappa shape index (κ1) is 27.7. The number of hydrogen-bond donors (Lipinski definition) is 4. The van der Waals surface area contributed by atoms with Crippen molar-refractivity contribution >= 4 is 52.7 Å². The van der Waals surface area contributed by atoms with Gasteiger partial charge in [-0.3, -0.25) is 9.59 Å². The first-order valence-corrected chi connectivity index (χ1v) is 13.1. The third kappa shape index (κ3) is 6.51. The predicted molar refractivity (Wildman–Crippen MR) is 152 cm³/mol. The molecule has 5 rings (SSSR count). The molecule has 2 aromatic heterocycles. The fraction of sp³-hybridized carbons (Fsp3) is 0.148. The van der Waals surface area contributed by atoms with Crippen LogP contribution in [-0.2, 0) is 9.59 Å². The Balaban J connectivity index is 1.46. The third-order valence-corrected chi connectivity index (χ3v) is 6.71. The number of anilines is 1. The Kier molecular flexibility index (Phi) is 8.22. The summed E-state index contributed by atoms with van der Waals surface area (Å²) in [6, 6.07) is 8.76. The number of aromatic nitrogens is 6. The van der Waals surface area contributed by atoms with E-state index in [0.717, 1.165) is 0 Å². The highest BCUT2D eigenvalue weighted by atomic mass is 35.5. The summed E-state index contributed by atoms with van der Waals surface area (Å²) in [6.07, 6.45) is 9.08. The van der Waals surface area contributed by atoms with Crippen LogP contribution < -0.4 is 10.6 Å². The van der Waals surface area contributed by atoms with Crippen LogP contribution in [0.1, 0.15) is 47.1 Å². The van der Waals surface area contributed by atoms with Gasteiger partial charge >= 0.3 is 5.97 Å². The van der Waals surface area contributed by atoms with Gasteiger partial charge in [-0.2, -0.15) is 4.68 Å². The SMILES string of the molecule is O=C(/C=C/c1cc(Cl)ccc1-n1cnnn1)N[C@H]1CC=CCCC(=O)Nc2ccc(C(=O)O)cc2-c2nc1[nH]c2Cl. The van der Waals surface area contributed by atoms with E-state index < -0.39 is 17.9 Å². The molecule has 3 heterocycles. The molecule has 41 heavy (non-hydrogen) atoms.